The zero-order valence-electron chi connectivity index (χ0n) is 10.8. The molecule has 0 atom stereocenters. The first-order valence-electron chi connectivity index (χ1n) is 6.22. The number of amides is 1. The van der Waals surface area contributed by atoms with Crippen LogP contribution in [0, 0.1) is 13.8 Å². The molecule has 98 valence electrons. The summed E-state index contributed by atoms with van der Waals surface area (Å²) >= 11 is 0. The quantitative estimate of drug-likeness (QED) is 0.912. The summed E-state index contributed by atoms with van der Waals surface area (Å²) in [6.45, 7) is 3.46. The van der Waals surface area contributed by atoms with Gasteiger partial charge in [-0.05, 0) is 26.7 Å². The number of nitrogens with one attached hydrogen (secondary N) is 1. The molecular weight excluding hydrogens is 244 g/mol. The molecular formula is C13H14N4O2. The van der Waals surface area contributed by atoms with E-state index in [4.69, 9.17) is 4.52 Å². The maximum absolute atomic E-state index is 12.2. The van der Waals surface area contributed by atoms with Gasteiger partial charge in [-0.3, -0.25) is 9.78 Å². The van der Waals surface area contributed by atoms with Gasteiger partial charge in [0.2, 0.25) is 0 Å². The Morgan fingerprint density at radius 1 is 1.32 bits per heavy atom. The predicted octanol–water partition coefficient (Wildman–Crippen LogP) is 2.21. The van der Waals surface area contributed by atoms with Gasteiger partial charge in [0.05, 0.1) is 11.4 Å². The van der Waals surface area contributed by atoms with Crippen LogP contribution in [0.4, 0.5) is 5.82 Å². The van der Waals surface area contributed by atoms with Gasteiger partial charge in [0, 0.05) is 18.3 Å². The van der Waals surface area contributed by atoms with Gasteiger partial charge in [-0.1, -0.05) is 5.16 Å². The molecule has 1 amide bonds. The van der Waals surface area contributed by atoms with Gasteiger partial charge >= 0.3 is 0 Å². The number of anilines is 1. The molecule has 1 N–H and O–H groups in total. The van der Waals surface area contributed by atoms with Crippen LogP contribution in [0.5, 0.6) is 0 Å². The van der Waals surface area contributed by atoms with Crippen molar-refractivity contribution in [2.24, 2.45) is 0 Å². The second-order valence-corrected chi connectivity index (χ2v) is 4.72. The molecule has 6 nitrogen and oxygen atoms in total. The molecule has 2 heterocycles. The van der Waals surface area contributed by atoms with Gasteiger partial charge in [0.15, 0.2) is 5.82 Å². The number of hydrogen-bond donors (Lipinski definition) is 1. The Bertz CT molecular complexity index is 612. The molecule has 6 heteroatoms. The van der Waals surface area contributed by atoms with E-state index in [0.29, 0.717) is 28.8 Å². The highest BCUT2D eigenvalue weighted by Crippen LogP contribution is 2.41. The minimum absolute atomic E-state index is 0.251. The minimum atomic E-state index is -0.251. The van der Waals surface area contributed by atoms with Crippen LogP contribution in [0.2, 0.25) is 0 Å². The third kappa shape index (κ3) is 2.21. The number of hydrogen-bond acceptors (Lipinski definition) is 5. The Balaban J connectivity index is 1.88. The molecule has 0 radical (unpaired) electrons. The van der Waals surface area contributed by atoms with Crippen LogP contribution in [-0.4, -0.2) is 21.0 Å². The lowest BCUT2D eigenvalue weighted by molar-refractivity contribution is 0.102. The standard InChI is InChI=1S/C13H14N4O2/c1-7-10(8(2)19-17-7)13(18)16-12-11(9-3-4-9)14-5-6-15-12/h5-6,9H,3-4H2,1-2H3,(H,15,16,18). The summed E-state index contributed by atoms with van der Waals surface area (Å²) < 4.78 is 5.00. The number of nitrogens with zero attached hydrogens (tertiary/aromatic N) is 3. The highest BCUT2D eigenvalue weighted by molar-refractivity contribution is 6.05. The van der Waals surface area contributed by atoms with Gasteiger partial charge < -0.3 is 9.84 Å². The van der Waals surface area contributed by atoms with Crippen LogP contribution in [0.1, 0.15) is 46.3 Å². The number of rotatable bonds is 3. The van der Waals surface area contributed by atoms with Crippen molar-refractivity contribution in [1.29, 1.82) is 0 Å². The Morgan fingerprint density at radius 3 is 2.68 bits per heavy atom. The maximum atomic E-state index is 12.2. The topological polar surface area (TPSA) is 80.9 Å². The fourth-order valence-corrected chi connectivity index (χ4v) is 2.08. The molecule has 1 aliphatic rings. The maximum Gasteiger partial charge on any atom is 0.262 e. The third-order valence-corrected chi connectivity index (χ3v) is 3.18. The van der Waals surface area contributed by atoms with E-state index in [0.717, 1.165) is 18.5 Å². The van der Waals surface area contributed by atoms with Crippen molar-refractivity contribution in [3.05, 3.63) is 35.1 Å². The van der Waals surface area contributed by atoms with E-state index in [1.807, 2.05) is 0 Å². The average Bonchev–Trinajstić information content (AvgIpc) is 3.16. The van der Waals surface area contributed by atoms with Crippen LogP contribution in [0.3, 0.4) is 0 Å². The lowest BCUT2D eigenvalue weighted by Crippen LogP contribution is -2.16. The fourth-order valence-electron chi connectivity index (χ4n) is 2.08. The van der Waals surface area contributed by atoms with Crippen molar-refractivity contribution >= 4 is 11.7 Å². The smallest absolute Gasteiger partial charge is 0.262 e. The summed E-state index contributed by atoms with van der Waals surface area (Å²) in [6.07, 6.45) is 5.44. The average molecular weight is 258 g/mol. The molecule has 1 saturated carbocycles. The van der Waals surface area contributed by atoms with E-state index in [9.17, 15) is 4.79 Å². The number of carbonyl (C=O) groups excluding carboxylic acids is 1. The van der Waals surface area contributed by atoms with E-state index in [-0.39, 0.29) is 5.91 Å². The Kier molecular flexibility index (Phi) is 2.77. The van der Waals surface area contributed by atoms with E-state index < -0.39 is 0 Å². The molecule has 0 saturated heterocycles. The zero-order valence-corrected chi connectivity index (χ0v) is 10.8. The first-order chi connectivity index (χ1) is 9.16. The van der Waals surface area contributed by atoms with Crippen molar-refractivity contribution in [3.8, 4) is 0 Å². The molecule has 1 aliphatic carbocycles. The highest BCUT2D eigenvalue weighted by Gasteiger charge is 2.29. The molecule has 19 heavy (non-hydrogen) atoms. The second-order valence-electron chi connectivity index (χ2n) is 4.72. The van der Waals surface area contributed by atoms with Crippen molar-refractivity contribution in [2.45, 2.75) is 32.6 Å². The van der Waals surface area contributed by atoms with E-state index in [2.05, 4.69) is 20.4 Å². The molecule has 2 aromatic heterocycles. The first kappa shape index (κ1) is 11.8. The lowest BCUT2D eigenvalue weighted by atomic mass is 10.2. The second kappa shape index (κ2) is 4.46. The molecule has 2 aromatic rings. The predicted molar refractivity (Wildman–Crippen MR) is 67.9 cm³/mol. The van der Waals surface area contributed by atoms with Gasteiger partial charge in [0.1, 0.15) is 11.3 Å². The van der Waals surface area contributed by atoms with Gasteiger partial charge in [-0.15, -0.1) is 0 Å². The summed E-state index contributed by atoms with van der Waals surface area (Å²) in [7, 11) is 0. The van der Waals surface area contributed by atoms with Crippen molar-refractivity contribution in [2.75, 3.05) is 5.32 Å². The summed E-state index contributed by atoms with van der Waals surface area (Å²) in [4.78, 5) is 20.7. The van der Waals surface area contributed by atoms with Crippen molar-refractivity contribution < 1.29 is 9.32 Å². The SMILES string of the molecule is Cc1noc(C)c1C(=O)Nc1nccnc1C1CC1. The summed E-state index contributed by atoms with van der Waals surface area (Å²) in [5.41, 5.74) is 1.90. The normalized spacial score (nSPS) is 14.4. The van der Waals surface area contributed by atoms with Crippen molar-refractivity contribution in [1.82, 2.24) is 15.1 Å². The highest BCUT2D eigenvalue weighted by atomic mass is 16.5. The van der Waals surface area contributed by atoms with Gasteiger partial charge in [-0.2, -0.15) is 0 Å². The summed E-state index contributed by atoms with van der Waals surface area (Å²) in [5.74, 6) is 1.22. The zero-order chi connectivity index (χ0) is 13.4. The lowest BCUT2D eigenvalue weighted by Gasteiger charge is -2.07. The Labute approximate surface area is 110 Å². The molecule has 3 rings (SSSR count). The molecule has 0 spiro atoms. The van der Waals surface area contributed by atoms with Crippen LogP contribution in [0.25, 0.3) is 0 Å². The fraction of sp³-hybridized carbons (Fsp3) is 0.385. The molecule has 0 aromatic carbocycles. The van der Waals surface area contributed by atoms with Crippen LogP contribution >= 0.6 is 0 Å². The minimum Gasteiger partial charge on any atom is -0.361 e. The molecule has 0 bridgehead atoms. The van der Waals surface area contributed by atoms with E-state index in [1.54, 1.807) is 26.2 Å². The third-order valence-electron chi connectivity index (χ3n) is 3.18. The summed E-state index contributed by atoms with van der Waals surface area (Å²) in [5, 5.41) is 6.58. The monoisotopic (exact) mass is 258 g/mol. The van der Waals surface area contributed by atoms with Crippen LogP contribution in [0.15, 0.2) is 16.9 Å². The Morgan fingerprint density at radius 2 is 2.05 bits per heavy atom. The van der Waals surface area contributed by atoms with Gasteiger partial charge in [-0.25, -0.2) is 4.98 Å². The number of aromatic nitrogens is 3. The van der Waals surface area contributed by atoms with Crippen LogP contribution < -0.4 is 5.32 Å². The largest absolute Gasteiger partial charge is 0.361 e. The molecule has 1 fully saturated rings. The van der Waals surface area contributed by atoms with Gasteiger partial charge in [0.25, 0.3) is 5.91 Å². The summed E-state index contributed by atoms with van der Waals surface area (Å²) in [6, 6.07) is 0. The molecule has 0 aliphatic heterocycles. The van der Waals surface area contributed by atoms with E-state index in [1.165, 1.54) is 0 Å². The number of carbonyl (C=O) groups is 1. The number of aryl methyl sites for hydroxylation is 2. The van der Waals surface area contributed by atoms with Crippen LogP contribution in [-0.2, 0) is 0 Å². The van der Waals surface area contributed by atoms with E-state index >= 15 is 0 Å². The van der Waals surface area contributed by atoms with Crippen molar-refractivity contribution in [3.63, 3.8) is 0 Å². The molecule has 0 unspecified atom stereocenters. The Hall–Kier alpha value is -2.24. The first-order valence-corrected chi connectivity index (χ1v) is 6.22.